The van der Waals surface area contributed by atoms with Crippen LogP contribution in [-0.4, -0.2) is 24.0 Å². The van der Waals surface area contributed by atoms with Gasteiger partial charge in [0.05, 0.1) is 5.69 Å². The molecule has 1 aliphatic heterocycles. The number of hydrogen-bond acceptors (Lipinski definition) is 1. The van der Waals surface area contributed by atoms with Gasteiger partial charge < -0.3 is 4.90 Å². The van der Waals surface area contributed by atoms with Crippen LogP contribution in [0, 0.1) is 11.6 Å². The van der Waals surface area contributed by atoms with Crippen LogP contribution in [0.1, 0.15) is 5.56 Å². The monoisotopic (exact) mass is 338 g/mol. The molecule has 0 radical (unpaired) electrons. The van der Waals surface area contributed by atoms with Gasteiger partial charge in [0.2, 0.25) is 0 Å². The molecular formula is C20H16F2N2O. The lowest BCUT2D eigenvalue weighted by Gasteiger charge is -2.19. The van der Waals surface area contributed by atoms with Gasteiger partial charge in [-0.1, -0.05) is 36.4 Å². The van der Waals surface area contributed by atoms with Crippen molar-refractivity contribution in [2.24, 2.45) is 0 Å². The van der Waals surface area contributed by atoms with Crippen molar-refractivity contribution in [2.45, 2.75) is 6.54 Å². The number of amides is 2. The van der Waals surface area contributed by atoms with Gasteiger partial charge in [-0.15, -0.1) is 0 Å². The van der Waals surface area contributed by atoms with E-state index in [0.29, 0.717) is 19.6 Å². The van der Waals surface area contributed by atoms with Crippen molar-refractivity contribution in [3.8, 4) is 0 Å². The van der Waals surface area contributed by atoms with Crippen LogP contribution < -0.4 is 4.90 Å². The van der Waals surface area contributed by atoms with E-state index in [9.17, 15) is 13.6 Å². The van der Waals surface area contributed by atoms with Gasteiger partial charge in [0.1, 0.15) is 11.6 Å². The van der Waals surface area contributed by atoms with Crippen molar-refractivity contribution in [1.29, 1.82) is 0 Å². The van der Waals surface area contributed by atoms with Crippen molar-refractivity contribution in [2.75, 3.05) is 18.0 Å². The van der Waals surface area contributed by atoms with Crippen molar-refractivity contribution in [3.63, 3.8) is 0 Å². The van der Waals surface area contributed by atoms with Gasteiger partial charge in [0.25, 0.3) is 0 Å². The molecule has 0 spiro atoms. The van der Waals surface area contributed by atoms with Gasteiger partial charge in [0, 0.05) is 25.7 Å². The molecule has 2 amide bonds. The Kier molecular flexibility index (Phi) is 3.84. The lowest BCUT2D eigenvalue weighted by molar-refractivity contribution is 0.218. The standard InChI is InChI=1S/C20H16F2N2O/c21-17-7-8-19(18(22)12-17)24-10-9-23(20(24)25)13-14-5-6-15-3-1-2-4-16(15)11-14/h1-8,11-12H,9-10,13H2. The number of carbonyl (C=O) groups is 1. The lowest BCUT2D eigenvalue weighted by atomic mass is 10.1. The number of nitrogens with zero attached hydrogens (tertiary/aromatic N) is 2. The summed E-state index contributed by atoms with van der Waals surface area (Å²) in [6.07, 6.45) is 0. The molecular weight excluding hydrogens is 322 g/mol. The Morgan fingerprint density at radius 2 is 1.68 bits per heavy atom. The Labute approximate surface area is 144 Å². The van der Waals surface area contributed by atoms with E-state index in [-0.39, 0.29) is 11.7 Å². The van der Waals surface area contributed by atoms with E-state index in [2.05, 4.69) is 6.07 Å². The molecule has 5 heteroatoms. The SMILES string of the molecule is O=C1N(Cc2ccc3ccccc3c2)CCN1c1ccc(F)cc1F. The maximum absolute atomic E-state index is 14.0. The smallest absolute Gasteiger partial charge is 0.318 e. The number of rotatable bonds is 3. The minimum Gasteiger partial charge on any atom is -0.318 e. The molecule has 1 aliphatic rings. The van der Waals surface area contributed by atoms with Gasteiger partial charge in [-0.05, 0) is 34.5 Å². The average Bonchev–Trinajstić information content (AvgIpc) is 2.96. The number of benzene rings is 3. The summed E-state index contributed by atoms with van der Waals surface area (Å²) >= 11 is 0. The molecule has 25 heavy (non-hydrogen) atoms. The van der Waals surface area contributed by atoms with Crippen molar-refractivity contribution >= 4 is 22.5 Å². The second-order valence-electron chi connectivity index (χ2n) is 6.13. The maximum Gasteiger partial charge on any atom is 0.325 e. The highest BCUT2D eigenvalue weighted by Crippen LogP contribution is 2.26. The van der Waals surface area contributed by atoms with Crippen LogP contribution in [0.25, 0.3) is 10.8 Å². The summed E-state index contributed by atoms with van der Waals surface area (Å²) in [5, 5.41) is 2.27. The highest BCUT2D eigenvalue weighted by Gasteiger charge is 2.31. The van der Waals surface area contributed by atoms with Gasteiger partial charge in [-0.3, -0.25) is 4.90 Å². The Hall–Kier alpha value is -2.95. The summed E-state index contributed by atoms with van der Waals surface area (Å²) in [6, 6.07) is 17.1. The first-order valence-corrected chi connectivity index (χ1v) is 8.11. The number of anilines is 1. The summed E-state index contributed by atoms with van der Waals surface area (Å²) < 4.78 is 27.0. The quantitative estimate of drug-likeness (QED) is 0.687. The molecule has 1 fully saturated rings. The molecule has 1 saturated heterocycles. The molecule has 0 N–H and O–H groups in total. The van der Waals surface area contributed by atoms with Crippen LogP contribution in [-0.2, 0) is 6.54 Å². The third-order valence-corrected chi connectivity index (χ3v) is 4.48. The Bertz CT molecular complexity index is 957. The first-order chi connectivity index (χ1) is 12.1. The lowest BCUT2D eigenvalue weighted by Crippen LogP contribution is -2.32. The predicted octanol–water partition coefficient (Wildman–Crippen LogP) is 4.56. The van der Waals surface area contributed by atoms with E-state index in [1.165, 1.54) is 11.0 Å². The largest absolute Gasteiger partial charge is 0.325 e. The summed E-state index contributed by atoms with van der Waals surface area (Å²) in [4.78, 5) is 15.6. The minimum atomic E-state index is -0.721. The number of halogens is 2. The third-order valence-electron chi connectivity index (χ3n) is 4.48. The molecule has 0 unspecified atom stereocenters. The van der Waals surface area contributed by atoms with Crippen molar-refractivity contribution in [1.82, 2.24) is 4.90 Å². The highest BCUT2D eigenvalue weighted by atomic mass is 19.1. The summed E-state index contributed by atoms with van der Waals surface area (Å²) in [6.45, 7) is 1.35. The zero-order valence-electron chi connectivity index (χ0n) is 13.5. The summed E-state index contributed by atoms with van der Waals surface area (Å²) in [7, 11) is 0. The highest BCUT2D eigenvalue weighted by molar-refractivity contribution is 5.94. The number of hydrogen-bond donors (Lipinski definition) is 0. The molecule has 0 saturated carbocycles. The van der Waals surface area contributed by atoms with Crippen molar-refractivity contribution in [3.05, 3.63) is 77.9 Å². The van der Waals surface area contributed by atoms with E-state index in [1.54, 1.807) is 4.90 Å². The molecule has 0 aromatic heterocycles. The zero-order valence-corrected chi connectivity index (χ0v) is 13.5. The third kappa shape index (κ3) is 2.93. The van der Waals surface area contributed by atoms with E-state index in [0.717, 1.165) is 28.5 Å². The van der Waals surface area contributed by atoms with E-state index >= 15 is 0 Å². The number of fused-ring (bicyclic) bond motifs is 1. The maximum atomic E-state index is 14.0. The molecule has 1 heterocycles. The van der Waals surface area contributed by atoms with Crippen LogP contribution in [0.5, 0.6) is 0 Å². The molecule has 3 aromatic rings. The summed E-state index contributed by atoms with van der Waals surface area (Å²) in [5.41, 5.74) is 1.14. The fraction of sp³-hybridized carbons (Fsp3) is 0.150. The first-order valence-electron chi connectivity index (χ1n) is 8.11. The van der Waals surface area contributed by atoms with Gasteiger partial charge in [-0.2, -0.15) is 0 Å². The first kappa shape index (κ1) is 15.6. The fourth-order valence-electron chi connectivity index (χ4n) is 3.21. The van der Waals surface area contributed by atoms with Crippen LogP contribution >= 0.6 is 0 Å². The van der Waals surface area contributed by atoms with Crippen molar-refractivity contribution < 1.29 is 13.6 Å². The molecule has 126 valence electrons. The predicted molar refractivity (Wildman–Crippen MR) is 93.5 cm³/mol. The Morgan fingerprint density at radius 1 is 0.880 bits per heavy atom. The molecule has 0 aliphatic carbocycles. The van der Waals surface area contributed by atoms with E-state index in [1.807, 2.05) is 36.4 Å². The van der Waals surface area contributed by atoms with Crippen LogP contribution in [0.3, 0.4) is 0 Å². The van der Waals surface area contributed by atoms with E-state index < -0.39 is 11.6 Å². The number of carbonyl (C=O) groups excluding carboxylic acids is 1. The topological polar surface area (TPSA) is 23.6 Å². The summed E-state index contributed by atoms with van der Waals surface area (Å²) in [5.74, 6) is -1.37. The second-order valence-corrected chi connectivity index (χ2v) is 6.13. The molecule has 3 nitrogen and oxygen atoms in total. The molecule has 4 rings (SSSR count). The fourth-order valence-corrected chi connectivity index (χ4v) is 3.21. The van der Waals surface area contributed by atoms with Gasteiger partial charge in [-0.25, -0.2) is 13.6 Å². The van der Waals surface area contributed by atoms with Crippen LogP contribution in [0.2, 0.25) is 0 Å². The van der Waals surface area contributed by atoms with Crippen LogP contribution in [0.4, 0.5) is 19.3 Å². The van der Waals surface area contributed by atoms with Crippen LogP contribution in [0.15, 0.2) is 60.7 Å². The van der Waals surface area contributed by atoms with E-state index in [4.69, 9.17) is 0 Å². The van der Waals surface area contributed by atoms with Gasteiger partial charge >= 0.3 is 6.03 Å². The molecule has 3 aromatic carbocycles. The molecule has 0 bridgehead atoms. The molecule has 0 atom stereocenters. The second kappa shape index (κ2) is 6.16. The zero-order chi connectivity index (χ0) is 17.4. The average molecular weight is 338 g/mol. The normalized spacial score (nSPS) is 14.6. The number of urea groups is 1. The van der Waals surface area contributed by atoms with Gasteiger partial charge in [0.15, 0.2) is 0 Å². The minimum absolute atomic E-state index is 0.118. The Balaban J connectivity index is 1.54. The Morgan fingerprint density at radius 3 is 2.48 bits per heavy atom.